The normalized spacial score (nSPS) is 12.4. The Hall–Kier alpha value is -2.15. The molecule has 0 aromatic heterocycles. The van der Waals surface area contributed by atoms with Gasteiger partial charge >= 0.3 is 12.1 Å². The molecule has 0 aliphatic heterocycles. The average Bonchev–Trinajstić information content (AvgIpc) is 2.44. The van der Waals surface area contributed by atoms with Crippen LogP contribution in [0.3, 0.4) is 0 Å². The van der Waals surface area contributed by atoms with E-state index in [0.29, 0.717) is 5.56 Å². The molecule has 0 aliphatic carbocycles. The summed E-state index contributed by atoms with van der Waals surface area (Å²) in [5.41, 5.74) is -0.160. The summed E-state index contributed by atoms with van der Waals surface area (Å²) in [7, 11) is 0. The maximum Gasteiger partial charge on any atom is 0.408 e. The largest absolute Gasteiger partial charge is 0.464 e. The molecule has 0 heterocycles. The van der Waals surface area contributed by atoms with Gasteiger partial charge in [0.05, 0.1) is 19.3 Å². The Balaban J connectivity index is 2.73. The lowest BCUT2D eigenvalue weighted by Crippen LogP contribution is -2.37. The summed E-state index contributed by atoms with van der Waals surface area (Å²) in [6.07, 6.45) is -0.656. The summed E-state index contributed by atoms with van der Waals surface area (Å²) in [5.74, 6) is -0.943. The highest BCUT2D eigenvalue weighted by Gasteiger charge is 2.21. The van der Waals surface area contributed by atoms with Gasteiger partial charge in [0.25, 0.3) is 0 Å². The lowest BCUT2D eigenvalue weighted by atomic mass is 10.1. The second-order valence-electron chi connectivity index (χ2n) is 6.07. The third-order valence-corrected chi connectivity index (χ3v) is 2.75. The van der Waals surface area contributed by atoms with Crippen LogP contribution in [0.1, 0.15) is 39.3 Å². The molecule has 0 saturated carbocycles. The van der Waals surface area contributed by atoms with Crippen LogP contribution in [0.4, 0.5) is 9.18 Å². The molecular formula is C17H24FNO5. The van der Waals surface area contributed by atoms with Gasteiger partial charge in [0.1, 0.15) is 18.0 Å². The molecule has 0 radical (unpaired) electrons. The number of amides is 1. The minimum absolute atomic E-state index is 0.0263. The molecule has 1 aromatic rings. The van der Waals surface area contributed by atoms with Crippen molar-refractivity contribution >= 4 is 12.1 Å². The highest BCUT2D eigenvalue weighted by atomic mass is 19.1. The van der Waals surface area contributed by atoms with E-state index in [1.54, 1.807) is 33.8 Å². The van der Waals surface area contributed by atoms with Gasteiger partial charge in [0.2, 0.25) is 0 Å². The predicted molar refractivity (Wildman–Crippen MR) is 86.0 cm³/mol. The summed E-state index contributed by atoms with van der Waals surface area (Å²) in [4.78, 5) is 23.3. The van der Waals surface area contributed by atoms with E-state index in [2.05, 4.69) is 5.32 Å². The van der Waals surface area contributed by atoms with Crippen molar-refractivity contribution in [3.8, 4) is 0 Å². The molecule has 134 valence electrons. The molecule has 24 heavy (non-hydrogen) atoms. The quantitative estimate of drug-likeness (QED) is 0.772. The maximum absolute atomic E-state index is 13.4. The lowest BCUT2D eigenvalue weighted by Gasteiger charge is -2.24. The number of halogens is 1. The number of esters is 1. The van der Waals surface area contributed by atoms with Crippen molar-refractivity contribution in [1.82, 2.24) is 5.32 Å². The van der Waals surface area contributed by atoms with Crippen LogP contribution in [0, 0.1) is 5.82 Å². The van der Waals surface area contributed by atoms with Crippen molar-refractivity contribution in [2.45, 2.75) is 39.3 Å². The third kappa shape index (κ3) is 7.92. The fraction of sp³-hybridized carbons (Fsp3) is 0.529. The molecule has 0 bridgehead atoms. The third-order valence-electron chi connectivity index (χ3n) is 2.75. The first kappa shape index (κ1) is 19.9. The van der Waals surface area contributed by atoms with Crippen molar-refractivity contribution in [3.63, 3.8) is 0 Å². The van der Waals surface area contributed by atoms with E-state index in [0.717, 1.165) is 0 Å². The Labute approximate surface area is 141 Å². The zero-order chi connectivity index (χ0) is 18.2. The van der Waals surface area contributed by atoms with Gasteiger partial charge in [-0.05, 0) is 45.4 Å². The van der Waals surface area contributed by atoms with Crippen molar-refractivity contribution in [2.75, 3.05) is 19.8 Å². The number of hydrogen-bond acceptors (Lipinski definition) is 5. The molecule has 6 nitrogen and oxygen atoms in total. The molecule has 1 aromatic carbocycles. The number of rotatable bonds is 7. The molecule has 1 atom stereocenters. The molecule has 0 unspecified atom stereocenters. The second kappa shape index (κ2) is 9.22. The van der Waals surface area contributed by atoms with Crippen LogP contribution in [0.25, 0.3) is 0 Å². The zero-order valence-corrected chi connectivity index (χ0v) is 14.4. The summed E-state index contributed by atoms with van der Waals surface area (Å²) in [6, 6.07) is 5.10. The van der Waals surface area contributed by atoms with Crippen molar-refractivity contribution in [1.29, 1.82) is 0 Å². The Bertz CT molecular complexity index is 556. The topological polar surface area (TPSA) is 73.9 Å². The number of carbonyl (C=O) groups excluding carboxylic acids is 2. The Kier molecular flexibility index (Phi) is 7.64. The predicted octanol–water partition coefficient (Wildman–Crippen LogP) is 2.97. The van der Waals surface area contributed by atoms with E-state index < -0.39 is 29.5 Å². The standard InChI is InChI=1S/C17H24FNO5/c1-5-23-15(20)11-22-10-14(12-7-6-8-13(18)9-12)19-16(21)24-17(2,3)4/h6-9,14H,5,10-11H2,1-4H3,(H,19,21)/t14-/m1/s1. The number of nitrogens with one attached hydrogen (secondary N) is 1. The van der Waals surface area contributed by atoms with Gasteiger partial charge in [-0.15, -0.1) is 0 Å². The monoisotopic (exact) mass is 341 g/mol. The minimum atomic E-state index is -0.664. The van der Waals surface area contributed by atoms with Crippen LogP contribution in [0.2, 0.25) is 0 Å². The number of ether oxygens (including phenoxy) is 3. The minimum Gasteiger partial charge on any atom is -0.464 e. The molecule has 7 heteroatoms. The van der Waals surface area contributed by atoms with Crippen molar-refractivity contribution in [2.24, 2.45) is 0 Å². The van der Waals surface area contributed by atoms with Gasteiger partial charge in [-0.25, -0.2) is 14.0 Å². The van der Waals surface area contributed by atoms with E-state index >= 15 is 0 Å². The molecule has 0 aliphatic rings. The Morgan fingerprint density at radius 2 is 2.00 bits per heavy atom. The van der Waals surface area contributed by atoms with Crippen LogP contribution in [0.15, 0.2) is 24.3 Å². The molecule has 0 fully saturated rings. The fourth-order valence-corrected chi connectivity index (χ4v) is 1.86. The first-order valence-electron chi connectivity index (χ1n) is 7.69. The molecule has 0 spiro atoms. The van der Waals surface area contributed by atoms with Crippen LogP contribution >= 0.6 is 0 Å². The molecular weight excluding hydrogens is 317 g/mol. The Morgan fingerprint density at radius 1 is 1.29 bits per heavy atom. The lowest BCUT2D eigenvalue weighted by molar-refractivity contribution is -0.148. The number of hydrogen-bond donors (Lipinski definition) is 1. The summed E-state index contributed by atoms with van der Waals surface area (Å²) in [6.45, 7) is 6.88. The molecule has 1 amide bonds. The van der Waals surface area contributed by atoms with Crippen LogP contribution in [0.5, 0.6) is 0 Å². The fourth-order valence-electron chi connectivity index (χ4n) is 1.86. The second-order valence-corrected chi connectivity index (χ2v) is 6.07. The smallest absolute Gasteiger partial charge is 0.408 e. The van der Waals surface area contributed by atoms with E-state index in [1.165, 1.54) is 18.2 Å². The summed E-state index contributed by atoms with van der Waals surface area (Å²) in [5, 5.41) is 2.62. The van der Waals surface area contributed by atoms with E-state index in [9.17, 15) is 14.0 Å². The zero-order valence-electron chi connectivity index (χ0n) is 14.4. The summed E-state index contributed by atoms with van der Waals surface area (Å²) >= 11 is 0. The van der Waals surface area contributed by atoms with Gasteiger partial charge in [-0.1, -0.05) is 12.1 Å². The maximum atomic E-state index is 13.4. The van der Waals surface area contributed by atoms with Crippen molar-refractivity contribution in [3.05, 3.63) is 35.6 Å². The first-order valence-corrected chi connectivity index (χ1v) is 7.69. The molecule has 1 rings (SSSR count). The van der Waals surface area contributed by atoms with Gasteiger partial charge < -0.3 is 19.5 Å². The molecule has 0 saturated heterocycles. The van der Waals surface area contributed by atoms with Crippen LogP contribution in [-0.2, 0) is 19.0 Å². The number of carbonyl (C=O) groups is 2. The van der Waals surface area contributed by atoms with Crippen molar-refractivity contribution < 1.29 is 28.2 Å². The van der Waals surface area contributed by atoms with Gasteiger partial charge in [0, 0.05) is 0 Å². The number of alkyl carbamates (subject to hydrolysis) is 1. The van der Waals surface area contributed by atoms with E-state index in [-0.39, 0.29) is 19.8 Å². The van der Waals surface area contributed by atoms with E-state index in [1.807, 2.05) is 0 Å². The van der Waals surface area contributed by atoms with Crippen LogP contribution in [-0.4, -0.2) is 37.5 Å². The average molecular weight is 341 g/mol. The van der Waals surface area contributed by atoms with Crippen LogP contribution < -0.4 is 5.32 Å². The highest BCUT2D eigenvalue weighted by Crippen LogP contribution is 2.16. The SMILES string of the molecule is CCOC(=O)COC[C@@H](NC(=O)OC(C)(C)C)c1cccc(F)c1. The van der Waals surface area contributed by atoms with E-state index in [4.69, 9.17) is 14.2 Å². The van der Waals surface area contributed by atoms with Gasteiger partial charge in [-0.2, -0.15) is 0 Å². The Morgan fingerprint density at radius 3 is 2.58 bits per heavy atom. The molecule has 1 N–H and O–H groups in total. The number of benzene rings is 1. The highest BCUT2D eigenvalue weighted by molar-refractivity contribution is 5.70. The summed E-state index contributed by atoms with van der Waals surface area (Å²) < 4.78 is 28.7. The first-order chi connectivity index (χ1) is 11.2. The van der Waals surface area contributed by atoms with Gasteiger partial charge in [-0.3, -0.25) is 0 Å². The van der Waals surface area contributed by atoms with Gasteiger partial charge in [0.15, 0.2) is 0 Å².